The van der Waals surface area contributed by atoms with Crippen molar-refractivity contribution in [2.45, 2.75) is 25.8 Å². The molecule has 94 valence electrons. The number of nitrogens with zero attached hydrogens (tertiary/aromatic N) is 2. The Morgan fingerprint density at radius 2 is 2.11 bits per heavy atom. The van der Waals surface area contributed by atoms with Crippen molar-refractivity contribution in [1.82, 2.24) is 14.6 Å². The molecule has 1 aliphatic rings. The molecule has 1 aromatic carbocycles. The molecule has 18 heavy (non-hydrogen) atoms. The molecule has 2 aromatic rings. The van der Waals surface area contributed by atoms with Gasteiger partial charge in [-0.15, -0.1) is 0 Å². The van der Waals surface area contributed by atoms with E-state index in [4.69, 9.17) is 0 Å². The number of aryl methyl sites for hydroxylation is 1. The van der Waals surface area contributed by atoms with Crippen LogP contribution < -0.4 is 0 Å². The van der Waals surface area contributed by atoms with E-state index in [1.165, 1.54) is 24.0 Å². The number of nitrogens with one attached hydrogen (secondary N) is 1. The van der Waals surface area contributed by atoms with Gasteiger partial charge in [-0.1, -0.05) is 39.2 Å². The summed E-state index contributed by atoms with van der Waals surface area (Å²) >= 11 is 0. The van der Waals surface area contributed by atoms with Gasteiger partial charge in [0.2, 0.25) is 0 Å². The zero-order chi connectivity index (χ0) is 12.5. The van der Waals surface area contributed by atoms with E-state index in [-0.39, 0.29) is 0 Å². The molecule has 1 unspecified atom stereocenters. The van der Waals surface area contributed by atoms with Crippen molar-refractivity contribution < 1.29 is 0 Å². The van der Waals surface area contributed by atoms with Crippen LogP contribution in [0.3, 0.4) is 0 Å². The summed E-state index contributed by atoms with van der Waals surface area (Å²) in [4.78, 5) is 7.99. The normalized spacial score (nSPS) is 20.4. The minimum atomic E-state index is 0.425. The Hall–Kier alpha value is -1.18. The van der Waals surface area contributed by atoms with Gasteiger partial charge in [0.05, 0.1) is 17.9 Å². The lowest BCUT2D eigenvalue weighted by Crippen LogP contribution is -2.12. The van der Waals surface area contributed by atoms with Gasteiger partial charge >= 0.3 is 0 Å². The lowest BCUT2D eigenvalue weighted by Gasteiger charge is -2.16. The van der Waals surface area contributed by atoms with Crippen molar-refractivity contribution in [3.63, 3.8) is 0 Å². The van der Waals surface area contributed by atoms with Crippen LogP contribution in [0.5, 0.6) is 0 Å². The van der Waals surface area contributed by atoms with Gasteiger partial charge in [-0.05, 0) is 25.3 Å². The Bertz CT molecular complexity index is 532. The first kappa shape index (κ1) is 11.9. The molecule has 1 saturated heterocycles. The third-order valence-electron chi connectivity index (χ3n) is 3.57. The fourth-order valence-electron chi connectivity index (χ4n) is 2.47. The molecule has 1 N–H and O–H groups in total. The van der Waals surface area contributed by atoms with Crippen LogP contribution in [0.4, 0.5) is 0 Å². The van der Waals surface area contributed by atoms with Crippen molar-refractivity contribution in [3.05, 3.63) is 41.9 Å². The third kappa shape index (κ3) is 2.21. The van der Waals surface area contributed by atoms with Crippen LogP contribution in [0.25, 0.3) is 11.3 Å². The molecule has 3 nitrogen and oxygen atoms in total. The van der Waals surface area contributed by atoms with Crippen molar-refractivity contribution in [2.24, 2.45) is 0 Å². The Labute approximate surface area is 110 Å². The molecule has 0 amide bonds. The monoisotopic (exact) mass is 259 g/mol. The van der Waals surface area contributed by atoms with E-state index in [2.05, 4.69) is 55.2 Å². The molecule has 4 heteroatoms. The van der Waals surface area contributed by atoms with Crippen LogP contribution in [0.2, 0.25) is 0 Å². The van der Waals surface area contributed by atoms with E-state index >= 15 is 0 Å². The largest absolute Gasteiger partial charge is 0.341 e. The summed E-state index contributed by atoms with van der Waals surface area (Å²) in [7, 11) is 2.80. The lowest BCUT2D eigenvalue weighted by atomic mass is 10.1. The molecule has 0 bridgehead atoms. The van der Waals surface area contributed by atoms with E-state index < -0.39 is 0 Å². The number of hydrogen-bond donors (Lipinski definition) is 1. The van der Waals surface area contributed by atoms with Gasteiger partial charge in [0.25, 0.3) is 0 Å². The molecule has 1 fully saturated rings. The van der Waals surface area contributed by atoms with Crippen LogP contribution in [0.15, 0.2) is 30.5 Å². The standard InChI is InChI=1S/C14H18N3P/c1-10-4-6-11(7-5-10)12-9-15-14(16-12)13-3-2-8-17(13)18/h4-7,9,13H,2-3,8,18H2,1H3,(H,15,16)/t13-/m0/s1. The second kappa shape index (κ2) is 4.83. The summed E-state index contributed by atoms with van der Waals surface area (Å²) in [5.74, 6) is 1.08. The molecular formula is C14H18N3P. The number of rotatable bonds is 2. The average molecular weight is 259 g/mol. The minimum Gasteiger partial charge on any atom is -0.341 e. The van der Waals surface area contributed by atoms with Gasteiger partial charge in [-0.2, -0.15) is 0 Å². The fourth-order valence-corrected chi connectivity index (χ4v) is 2.94. The highest BCUT2D eigenvalue weighted by molar-refractivity contribution is 7.13. The molecule has 0 radical (unpaired) electrons. The predicted molar refractivity (Wildman–Crippen MR) is 77.2 cm³/mol. The first-order chi connectivity index (χ1) is 8.74. The fraction of sp³-hybridized carbons (Fsp3) is 0.357. The molecule has 1 aliphatic heterocycles. The van der Waals surface area contributed by atoms with Crippen molar-refractivity contribution in [2.75, 3.05) is 6.54 Å². The maximum Gasteiger partial charge on any atom is 0.124 e. The topological polar surface area (TPSA) is 31.9 Å². The summed E-state index contributed by atoms with van der Waals surface area (Å²) in [6.07, 6.45) is 4.37. The second-order valence-corrected chi connectivity index (χ2v) is 5.61. The molecule has 0 aliphatic carbocycles. The first-order valence-electron chi connectivity index (χ1n) is 6.37. The maximum atomic E-state index is 4.54. The number of imidazole rings is 1. The summed E-state index contributed by atoms with van der Waals surface area (Å²) in [5.41, 5.74) is 3.59. The quantitative estimate of drug-likeness (QED) is 0.839. The number of benzene rings is 1. The Balaban J connectivity index is 1.87. The lowest BCUT2D eigenvalue weighted by molar-refractivity contribution is 0.434. The van der Waals surface area contributed by atoms with Crippen LogP contribution in [-0.4, -0.2) is 21.2 Å². The maximum absolute atomic E-state index is 4.54. The van der Waals surface area contributed by atoms with Crippen LogP contribution >= 0.6 is 9.39 Å². The first-order valence-corrected chi connectivity index (χ1v) is 6.89. The number of aromatic amines is 1. The summed E-state index contributed by atoms with van der Waals surface area (Å²) in [6.45, 7) is 3.24. The van der Waals surface area contributed by atoms with Gasteiger partial charge in [0.1, 0.15) is 5.82 Å². The van der Waals surface area contributed by atoms with Gasteiger partial charge in [-0.3, -0.25) is 4.67 Å². The molecule has 2 atom stereocenters. The summed E-state index contributed by atoms with van der Waals surface area (Å²) < 4.78 is 2.29. The number of H-pyrrole nitrogens is 1. The Kier molecular flexibility index (Phi) is 3.19. The predicted octanol–water partition coefficient (Wildman–Crippen LogP) is 3.31. The average Bonchev–Trinajstić information content (AvgIpc) is 2.98. The van der Waals surface area contributed by atoms with Crippen molar-refractivity contribution >= 4 is 9.39 Å². The molecule has 2 heterocycles. The molecule has 1 aromatic heterocycles. The number of aromatic nitrogens is 2. The van der Waals surface area contributed by atoms with Crippen LogP contribution in [0.1, 0.15) is 30.3 Å². The van der Waals surface area contributed by atoms with E-state index in [0.717, 1.165) is 18.1 Å². The van der Waals surface area contributed by atoms with E-state index in [1.54, 1.807) is 0 Å². The van der Waals surface area contributed by atoms with Gasteiger partial charge in [0, 0.05) is 6.54 Å². The highest BCUT2D eigenvalue weighted by Gasteiger charge is 2.25. The number of hydrogen-bond acceptors (Lipinski definition) is 2. The van der Waals surface area contributed by atoms with E-state index in [1.807, 2.05) is 6.20 Å². The molecular weight excluding hydrogens is 241 g/mol. The summed E-state index contributed by atoms with van der Waals surface area (Å²) in [6, 6.07) is 8.97. The third-order valence-corrected chi connectivity index (χ3v) is 4.19. The highest BCUT2D eigenvalue weighted by atomic mass is 31.0. The van der Waals surface area contributed by atoms with Crippen LogP contribution in [-0.2, 0) is 0 Å². The zero-order valence-corrected chi connectivity index (χ0v) is 11.7. The molecule has 0 spiro atoms. The van der Waals surface area contributed by atoms with Crippen molar-refractivity contribution in [1.29, 1.82) is 0 Å². The molecule has 3 rings (SSSR count). The van der Waals surface area contributed by atoms with E-state index in [0.29, 0.717) is 6.04 Å². The van der Waals surface area contributed by atoms with Gasteiger partial charge < -0.3 is 4.98 Å². The SMILES string of the molecule is Cc1ccc(-c2cnc([C@@H]3CCCN3P)[nH]2)cc1. The highest BCUT2D eigenvalue weighted by Crippen LogP contribution is 2.33. The second-order valence-electron chi connectivity index (χ2n) is 4.94. The molecule has 0 saturated carbocycles. The Morgan fingerprint density at radius 3 is 2.78 bits per heavy atom. The Morgan fingerprint density at radius 1 is 1.33 bits per heavy atom. The summed E-state index contributed by atoms with van der Waals surface area (Å²) in [5, 5.41) is 0. The zero-order valence-electron chi connectivity index (χ0n) is 10.6. The minimum absolute atomic E-state index is 0.425. The van der Waals surface area contributed by atoms with Gasteiger partial charge in [-0.25, -0.2) is 4.98 Å². The smallest absolute Gasteiger partial charge is 0.124 e. The van der Waals surface area contributed by atoms with Gasteiger partial charge in [0.15, 0.2) is 0 Å². The van der Waals surface area contributed by atoms with E-state index in [9.17, 15) is 0 Å². The van der Waals surface area contributed by atoms with Crippen molar-refractivity contribution in [3.8, 4) is 11.3 Å². The van der Waals surface area contributed by atoms with Crippen LogP contribution in [0, 0.1) is 6.92 Å².